The first kappa shape index (κ1) is 18.7. The number of hydrogen-bond donors (Lipinski definition) is 1. The van der Waals surface area contributed by atoms with Crippen molar-refractivity contribution < 1.29 is 4.52 Å². The molecule has 0 amide bonds. The molecule has 3 aromatic heterocycles. The zero-order chi connectivity index (χ0) is 21.7. The van der Waals surface area contributed by atoms with Crippen molar-refractivity contribution in [3.63, 3.8) is 0 Å². The van der Waals surface area contributed by atoms with Gasteiger partial charge in [-0.2, -0.15) is 0 Å². The lowest BCUT2D eigenvalue weighted by Gasteiger charge is -2.05. The molecule has 0 fully saturated rings. The summed E-state index contributed by atoms with van der Waals surface area (Å²) in [6.45, 7) is 3.02. The van der Waals surface area contributed by atoms with Crippen molar-refractivity contribution in [1.82, 2.24) is 24.9 Å². The molecule has 0 aliphatic carbocycles. The smallest absolute Gasteiger partial charge is 0.170 e. The van der Waals surface area contributed by atoms with Crippen LogP contribution in [0.2, 0.25) is 0 Å². The standard InChI is InChI=1S/C25H20N6O/c1-15-22(23(30-32-15)16-6-3-2-4-7-16)25-29-28-24-20-12-17(10-11-18(20)14-31(24)25)21-9-5-8-19(13-26)27-21/h2-12H,13-14,26H2,1H3. The largest absolute Gasteiger partial charge is 0.360 e. The van der Waals surface area contributed by atoms with Crippen LogP contribution < -0.4 is 5.73 Å². The highest BCUT2D eigenvalue weighted by Crippen LogP contribution is 2.40. The number of aromatic nitrogens is 5. The van der Waals surface area contributed by atoms with Crippen molar-refractivity contribution in [1.29, 1.82) is 0 Å². The van der Waals surface area contributed by atoms with Crippen LogP contribution in [0.3, 0.4) is 0 Å². The number of nitrogens with two attached hydrogens (primary N) is 1. The summed E-state index contributed by atoms with van der Waals surface area (Å²) in [6.07, 6.45) is 0. The van der Waals surface area contributed by atoms with Crippen LogP contribution in [0.5, 0.6) is 0 Å². The lowest BCUT2D eigenvalue weighted by Crippen LogP contribution is -2.00. The third kappa shape index (κ3) is 2.86. The summed E-state index contributed by atoms with van der Waals surface area (Å²) in [5.41, 5.74) is 13.5. The van der Waals surface area contributed by atoms with Gasteiger partial charge in [-0.05, 0) is 30.7 Å². The molecule has 2 aromatic carbocycles. The molecule has 1 aliphatic rings. The summed E-state index contributed by atoms with van der Waals surface area (Å²) in [7, 11) is 0. The molecule has 5 aromatic rings. The molecular formula is C25H20N6O. The Balaban J connectivity index is 1.45. The molecule has 7 heteroatoms. The minimum atomic E-state index is 0.415. The summed E-state index contributed by atoms with van der Waals surface area (Å²) < 4.78 is 7.69. The van der Waals surface area contributed by atoms with E-state index in [2.05, 4.69) is 43.1 Å². The molecule has 0 saturated carbocycles. The van der Waals surface area contributed by atoms with E-state index in [0.29, 0.717) is 13.1 Å². The van der Waals surface area contributed by atoms with E-state index >= 15 is 0 Å². The molecular weight excluding hydrogens is 400 g/mol. The Hall–Kier alpha value is -4.10. The lowest BCUT2D eigenvalue weighted by atomic mass is 10.0. The van der Waals surface area contributed by atoms with Gasteiger partial charge in [-0.1, -0.05) is 53.7 Å². The Morgan fingerprint density at radius 1 is 0.938 bits per heavy atom. The summed E-state index contributed by atoms with van der Waals surface area (Å²) in [4.78, 5) is 4.66. The molecule has 32 heavy (non-hydrogen) atoms. The quantitative estimate of drug-likeness (QED) is 0.452. The molecule has 0 bridgehead atoms. The molecule has 1 aliphatic heterocycles. The fourth-order valence-corrected chi connectivity index (χ4v) is 4.27. The van der Waals surface area contributed by atoms with Crippen LogP contribution in [0.1, 0.15) is 17.0 Å². The lowest BCUT2D eigenvalue weighted by molar-refractivity contribution is 0.400. The highest BCUT2D eigenvalue weighted by Gasteiger charge is 2.29. The van der Waals surface area contributed by atoms with Gasteiger partial charge < -0.3 is 14.8 Å². The molecule has 0 spiro atoms. The predicted molar refractivity (Wildman–Crippen MR) is 121 cm³/mol. The maximum absolute atomic E-state index is 5.77. The van der Waals surface area contributed by atoms with Crippen molar-refractivity contribution in [2.75, 3.05) is 0 Å². The summed E-state index contributed by atoms with van der Waals surface area (Å²) in [5, 5.41) is 13.4. The predicted octanol–water partition coefficient (Wildman–Crippen LogP) is 4.46. The van der Waals surface area contributed by atoms with Crippen molar-refractivity contribution in [3.05, 3.63) is 83.7 Å². The second-order valence-electron chi connectivity index (χ2n) is 7.85. The topological polar surface area (TPSA) is 95.7 Å². The average molecular weight is 420 g/mol. The SMILES string of the molecule is Cc1onc(-c2ccccc2)c1-c1nnc2n1Cc1ccc(-c3cccc(CN)n3)cc1-2. The Labute approximate surface area is 184 Å². The molecule has 7 nitrogen and oxygen atoms in total. The molecule has 2 N–H and O–H groups in total. The summed E-state index contributed by atoms with van der Waals surface area (Å²) in [6, 6.07) is 22.3. The van der Waals surface area contributed by atoms with Crippen LogP contribution in [-0.4, -0.2) is 24.9 Å². The van der Waals surface area contributed by atoms with Crippen LogP contribution >= 0.6 is 0 Å². The summed E-state index contributed by atoms with van der Waals surface area (Å²) in [5.74, 6) is 2.32. The second kappa shape index (κ2) is 7.25. The number of hydrogen-bond acceptors (Lipinski definition) is 6. The molecule has 6 rings (SSSR count). The van der Waals surface area contributed by atoms with E-state index in [4.69, 9.17) is 10.3 Å². The maximum Gasteiger partial charge on any atom is 0.170 e. The summed E-state index contributed by atoms with van der Waals surface area (Å²) >= 11 is 0. The highest BCUT2D eigenvalue weighted by atomic mass is 16.5. The monoisotopic (exact) mass is 420 g/mol. The first-order valence-corrected chi connectivity index (χ1v) is 10.5. The number of aryl methyl sites for hydroxylation is 1. The number of benzene rings is 2. The van der Waals surface area contributed by atoms with Crippen LogP contribution in [-0.2, 0) is 13.1 Å². The van der Waals surface area contributed by atoms with Gasteiger partial charge in [-0.3, -0.25) is 4.98 Å². The molecule has 0 unspecified atom stereocenters. The average Bonchev–Trinajstić information content (AvgIpc) is 3.52. The van der Waals surface area contributed by atoms with E-state index in [1.165, 1.54) is 5.56 Å². The van der Waals surface area contributed by atoms with Gasteiger partial charge in [-0.15, -0.1) is 10.2 Å². The van der Waals surface area contributed by atoms with Crippen LogP contribution in [0, 0.1) is 6.92 Å². The van der Waals surface area contributed by atoms with Crippen molar-refractivity contribution in [2.24, 2.45) is 5.73 Å². The molecule has 0 saturated heterocycles. The van der Waals surface area contributed by atoms with E-state index in [0.717, 1.165) is 56.7 Å². The van der Waals surface area contributed by atoms with E-state index in [1.54, 1.807) is 0 Å². The van der Waals surface area contributed by atoms with Crippen molar-refractivity contribution in [2.45, 2.75) is 20.0 Å². The normalized spacial score (nSPS) is 12.1. The van der Waals surface area contributed by atoms with Crippen LogP contribution in [0.25, 0.3) is 45.3 Å². The number of pyridine rings is 1. The number of fused-ring (bicyclic) bond motifs is 3. The number of nitrogens with zero attached hydrogens (tertiary/aromatic N) is 5. The fraction of sp³-hybridized carbons (Fsp3) is 0.120. The van der Waals surface area contributed by atoms with Gasteiger partial charge in [0.25, 0.3) is 0 Å². The van der Waals surface area contributed by atoms with E-state index in [1.807, 2.05) is 55.5 Å². The molecule has 4 heterocycles. The number of rotatable bonds is 4. The van der Waals surface area contributed by atoms with Crippen molar-refractivity contribution >= 4 is 0 Å². The maximum atomic E-state index is 5.77. The Bertz CT molecular complexity index is 1450. The van der Waals surface area contributed by atoms with Crippen LogP contribution in [0.15, 0.2) is 71.3 Å². The first-order valence-electron chi connectivity index (χ1n) is 10.5. The van der Waals surface area contributed by atoms with Gasteiger partial charge in [0, 0.05) is 23.2 Å². The zero-order valence-corrected chi connectivity index (χ0v) is 17.5. The highest BCUT2D eigenvalue weighted by molar-refractivity contribution is 5.81. The van der Waals surface area contributed by atoms with E-state index < -0.39 is 0 Å². The van der Waals surface area contributed by atoms with Gasteiger partial charge in [0.1, 0.15) is 11.5 Å². The van der Waals surface area contributed by atoms with Gasteiger partial charge in [0.15, 0.2) is 11.6 Å². The first-order chi connectivity index (χ1) is 15.7. The minimum absolute atomic E-state index is 0.415. The van der Waals surface area contributed by atoms with E-state index in [9.17, 15) is 0 Å². The zero-order valence-electron chi connectivity index (χ0n) is 17.5. The van der Waals surface area contributed by atoms with Gasteiger partial charge in [0.2, 0.25) is 0 Å². The van der Waals surface area contributed by atoms with Crippen molar-refractivity contribution in [3.8, 4) is 45.3 Å². The van der Waals surface area contributed by atoms with Gasteiger partial charge in [0.05, 0.1) is 23.5 Å². The second-order valence-corrected chi connectivity index (χ2v) is 7.85. The third-order valence-corrected chi connectivity index (χ3v) is 5.88. The Kier molecular flexibility index (Phi) is 4.22. The molecule has 0 radical (unpaired) electrons. The third-order valence-electron chi connectivity index (χ3n) is 5.88. The van der Waals surface area contributed by atoms with Gasteiger partial charge in [-0.25, -0.2) is 0 Å². The van der Waals surface area contributed by atoms with E-state index in [-0.39, 0.29) is 0 Å². The minimum Gasteiger partial charge on any atom is -0.360 e. The Morgan fingerprint density at radius 2 is 1.78 bits per heavy atom. The van der Waals surface area contributed by atoms with Crippen LogP contribution in [0.4, 0.5) is 0 Å². The fourth-order valence-electron chi connectivity index (χ4n) is 4.27. The molecule has 0 atom stereocenters. The molecule has 156 valence electrons. The van der Waals surface area contributed by atoms with Gasteiger partial charge >= 0.3 is 0 Å². The Morgan fingerprint density at radius 3 is 2.62 bits per heavy atom.